The van der Waals surface area contributed by atoms with E-state index >= 15 is 0 Å². The molecule has 5 heteroatoms. The van der Waals surface area contributed by atoms with Gasteiger partial charge in [-0.25, -0.2) is 4.79 Å². The average molecular weight is 336 g/mol. The molecular weight excluding hydrogens is 320 g/mol. The summed E-state index contributed by atoms with van der Waals surface area (Å²) in [5.41, 5.74) is 1.53. The van der Waals surface area contributed by atoms with Crippen molar-refractivity contribution < 1.29 is 24.5 Å². The van der Waals surface area contributed by atoms with Gasteiger partial charge in [0.15, 0.2) is 0 Å². The van der Waals surface area contributed by atoms with Crippen LogP contribution in [-0.2, 0) is 0 Å². The zero-order chi connectivity index (χ0) is 17.8. The van der Waals surface area contributed by atoms with E-state index in [9.17, 15) is 15.0 Å². The molecule has 126 valence electrons. The van der Waals surface area contributed by atoms with Crippen molar-refractivity contribution >= 4 is 5.97 Å². The van der Waals surface area contributed by atoms with Crippen LogP contribution in [-0.4, -0.2) is 23.3 Å². The molecule has 3 aromatic carbocycles. The number of rotatable bonds is 4. The molecule has 0 aliphatic carbocycles. The van der Waals surface area contributed by atoms with Crippen LogP contribution in [0.25, 0.3) is 11.1 Å². The average Bonchev–Trinajstić information content (AvgIpc) is 2.64. The molecule has 0 unspecified atom stereocenters. The van der Waals surface area contributed by atoms with Gasteiger partial charge in [-0.15, -0.1) is 0 Å². The topological polar surface area (TPSA) is 76.0 Å². The number of hydrogen-bond acceptors (Lipinski definition) is 5. The molecule has 2 N–H and O–H groups in total. The number of esters is 1. The summed E-state index contributed by atoms with van der Waals surface area (Å²) in [6.45, 7) is 0. The molecule has 0 radical (unpaired) electrons. The molecule has 0 bridgehead atoms. The maximum absolute atomic E-state index is 12.2. The Morgan fingerprint density at radius 1 is 0.840 bits per heavy atom. The van der Waals surface area contributed by atoms with E-state index in [0.717, 1.165) is 0 Å². The van der Waals surface area contributed by atoms with Crippen molar-refractivity contribution in [3.05, 3.63) is 72.3 Å². The number of carbonyl (C=O) groups excluding carboxylic acids is 1. The Hall–Kier alpha value is -3.47. The van der Waals surface area contributed by atoms with Crippen LogP contribution < -0.4 is 9.47 Å². The lowest BCUT2D eigenvalue weighted by Crippen LogP contribution is -2.08. The van der Waals surface area contributed by atoms with Crippen molar-refractivity contribution in [2.24, 2.45) is 0 Å². The van der Waals surface area contributed by atoms with E-state index in [1.54, 1.807) is 55.6 Å². The van der Waals surface area contributed by atoms with Crippen LogP contribution in [0, 0.1) is 0 Å². The molecule has 0 saturated carbocycles. The monoisotopic (exact) mass is 336 g/mol. The van der Waals surface area contributed by atoms with Crippen LogP contribution in [0.5, 0.6) is 23.0 Å². The maximum atomic E-state index is 12.2. The van der Waals surface area contributed by atoms with Gasteiger partial charge in [-0.3, -0.25) is 0 Å². The summed E-state index contributed by atoms with van der Waals surface area (Å²) in [5, 5.41) is 19.4. The van der Waals surface area contributed by atoms with Crippen LogP contribution in [0.1, 0.15) is 10.4 Å². The van der Waals surface area contributed by atoms with Gasteiger partial charge in [0.1, 0.15) is 23.0 Å². The Morgan fingerprint density at radius 2 is 1.48 bits per heavy atom. The van der Waals surface area contributed by atoms with Gasteiger partial charge >= 0.3 is 5.97 Å². The van der Waals surface area contributed by atoms with Crippen molar-refractivity contribution in [1.29, 1.82) is 0 Å². The van der Waals surface area contributed by atoms with E-state index in [2.05, 4.69) is 0 Å². The van der Waals surface area contributed by atoms with E-state index in [1.807, 2.05) is 0 Å². The van der Waals surface area contributed by atoms with Gasteiger partial charge in [0.2, 0.25) is 0 Å². The molecule has 0 saturated heterocycles. The molecule has 0 spiro atoms. The quantitative estimate of drug-likeness (QED) is 0.428. The Balaban J connectivity index is 1.77. The number of benzene rings is 3. The third-order valence-corrected chi connectivity index (χ3v) is 3.68. The van der Waals surface area contributed by atoms with Gasteiger partial charge in [-0.1, -0.05) is 12.1 Å². The Morgan fingerprint density at radius 3 is 2.12 bits per heavy atom. The molecule has 0 amide bonds. The summed E-state index contributed by atoms with van der Waals surface area (Å²) in [4.78, 5) is 12.2. The second kappa shape index (κ2) is 6.97. The van der Waals surface area contributed by atoms with Crippen molar-refractivity contribution in [1.82, 2.24) is 0 Å². The summed E-state index contributed by atoms with van der Waals surface area (Å²) in [6, 6.07) is 17.5. The lowest BCUT2D eigenvalue weighted by Gasteiger charge is -2.08. The molecule has 3 rings (SSSR count). The molecule has 0 aromatic heterocycles. The van der Waals surface area contributed by atoms with Gasteiger partial charge in [0.05, 0.1) is 12.7 Å². The van der Waals surface area contributed by atoms with Crippen LogP contribution >= 0.6 is 0 Å². The molecule has 0 aliphatic heterocycles. The van der Waals surface area contributed by atoms with Crippen molar-refractivity contribution in [3.63, 3.8) is 0 Å². The van der Waals surface area contributed by atoms with Gasteiger partial charge < -0.3 is 19.7 Å². The Labute approximate surface area is 144 Å². The summed E-state index contributed by atoms with van der Waals surface area (Å²) in [6.07, 6.45) is 0. The van der Waals surface area contributed by atoms with Crippen LogP contribution in [0.4, 0.5) is 0 Å². The number of phenolic OH excluding ortho intramolecular Hbond substituents is 2. The van der Waals surface area contributed by atoms with Crippen LogP contribution in [0.3, 0.4) is 0 Å². The largest absolute Gasteiger partial charge is 0.508 e. The zero-order valence-corrected chi connectivity index (χ0v) is 13.5. The summed E-state index contributed by atoms with van der Waals surface area (Å²) in [7, 11) is 1.56. The smallest absolute Gasteiger partial charge is 0.343 e. The Bertz CT molecular complexity index is 883. The van der Waals surface area contributed by atoms with E-state index in [4.69, 9.17) is 9.47 Å². The maximum Gasteiger partial charge on any atom is 0.343 e. The van der Waals surface area contributed by atoms with E-state index in [1.165, 1.54) is 18.2 Å². The highest BCUT2D eigenvalue weighted by atomic mass is 16.5. The van der Waals surface area contributed by atoms with Gasteiger partial charge in [-0.05, 0) is 60.2 Å². The lowest BCUT2D eigenvalue weighted by molar-refractivity contribution is 0.0734. The van der Waals surface area contributed by atoms with Crippen molar-refractivity contribution in [2.45, 2.75) is 0 Å². The second-order valence-electron chi connectivity index (χ2n) is 5.34. The highest BCUT2D eigenvalue weighted by Gasteiger charge is 2.11. The summed E-state index contributed by atoms with van der Waals surface area (Å²) in [5.74, 6) is 0.703. The molecule has 0 aliphatic rings. The minimum absolute atomic E-state index is 0.0476. The first-order chi connectivity index (χ1) is 12.1. The summed E-state index contributed by atoms with van der Waals surface area (Å²) < 4.78 is 10.4. The molecule has 3 aromatic rings. The number of phenols is 2. The molecule has 0 fully saturated rings. The molecule has 0 heterocycles. The number of aromatic hydroxyl groups is 2. The third-order valence-electron chi connectivity index (χ3n) is 3.68. The SMILES string of the molecule is COc1ccc(OC(=O)c2ccc(-c3cc(O)ccc3O)cc2)cc1. The van der Waals surface area contributed by atoms with E-state index in [0.29, 0.717) is 28.2 Å². The minimum atomic E-state index is -0.489. The highest BCUT2D eigenvalue weighted by molar-refractivity contribution is 5.91. The molecule has 5 nitrogen and oxygen atoms in total. The number of carbonyl (C=O) groups is 1. The Kier molecular flexibility index (Phi) is 4.57. The molecule has 25 heavy (non-hydrogen) atoms. The lowest BCUT2D eigenvalue weighted by atomic mass is 10.0. The highest BCUT2D eigenvalue weighted by Crippen LogP contribution is 2.32. The fourth-order valence-electron chi connectivity index (χ4n) is 2.35. The second-order valence-corrected chi connectivity index (χ2v) is 5.34. The van der Waals surface area contributed by atoms with E-state index < -0.39 is 5.97 Å². The fourth-order valence-corrected chi connectivity index (χ4v) is 2.35. The predicted octanol–water partition coefficient (Wildman–Crippen LogP) is 3.99. The first-order valence-corrected chi connectivity index (χ1v) is 7.55. The number of hydrogen-bond donors (Lipinski definition) is 2. The van der Waals surface area contributed by atoms with Crippen LogP contribution in [0.2, 0.25) is 0 Å². The first-order valence-electron chi connectivity index (χ1n) is 7.55. The van der Waals surface area contributed by atoms with Gasteiger partial charge in [0.25, 0.3) is 0 Å². The summed E-state index contributed by atoms with van der Waals surface area (Å²) >= 11 is 0. The standard InChI is InChI=1S/C20H16O5/c1-24-16-7-9-17(10-8-16)25-20(23)14-4-2-13(3-5-14)18-12-15(21)6-11-19(18)22/h2-12,21-22H,1H3. The molecule has 0 atom stereocenters. The van der Waals surface area contributed by atoms with E-state index in [-0.39, 0.29) is 11.5 Å². The zero-order valence-electron chi connectivity index (χ0n) is 13.5. The first kappa shape index (κ1) is 16.4. The van der Waals surface area contributed by atoms with Crippen molar-refractivity contribution in [3.8, 4) is 34.1 Å². The van der Waals surface area contributed by atoms with Gasteiger partial charge in [-0.2, -0.15) is 0 Å². The third kappa shape index (κ3) is 3.72. The number of ether oxygens (including phenoxy) is 2. The fraction of sp³-hybridized carbons (Fsp3) is 0.0500. The predicted molar refractivity (Wildman–Crippen MR) is 93.2 cm³/mol. The van der Waals surface area contributed by atoms with Crippen molar-refractivity contribution in [2.75, 3.05) is 7.11 Å². The van der Waals surface area contributed by atoms with Gasteiger partial charge in [0, 0.05) is 5.56 Å². The number of methoxy groups -OCH3 is 1. The normalized spacial score (nSPS) is 10.3. The molecular formula is C20H16O5. The van der Waals surface area contributed by atoms with Crippen LogP contribution in [0.15, 0.2) is 66.7 Å². The minimum Gasteiger partial charge on any atom is -0.508 e.